The Morgan fingerprint density at radius 3 is 1.26 bits per heavy atom. The molecule has 0 spiro atoms. The van der Waals surface area contributed by atoms with E-state index >= 15 is 0 Å². The van der Waals surface area contributed by atoms with Crippen molar-refractivity contribution >= 4 is 0 Å². The molecule has 1 rings (SSSR count). The third-order valence-corrected chi connectivity index (χ3v) is 6.93. The Kier molecular flexibility index (Phi) is 21.0. The molecule has 0 amide bonds. The van der Waals surface area contributed by atoms with E-state index in [1.165, 1.54) is 139 Å². The topological polar surface area (TPSA) is 0 Å². The summed E-state index contributed by atoms with van der Waals surface area (Å²) in [5.74, 6) is 0. The van der Waals surface area contributed by atoms with Crippen LogP contribution in [-0.4, -0.2) is 31.7 Å². The van der Waals surface area contributed by atoms with Crippen LogP contribution >= 0.6 is 0 Å². The van der Waals surface area contributed by atoms with Gasteiger partial charge in [0.2, 0.25) is 0 Å². The van der Waals surface area contributed by atoms with E-state index in [4.69, 9.17) is 0 Å². The van der Waals surface area contributed by atoms with Crippen LogP contribution in [0.15, 0.2) is 30.3 Å². The molecule has 182 valence electrons. The fourth-order valence-electron chi connectivity index (χ4n) is 4.32. The second kappa shape index (κ2) is 21.3. The van der Waals surface area contributed by atoms with E-state index in [1.54, 1.807) is 0 Å². The predicted octanol–water partition coefficient (Wildman–Crippen LogP) is 5.96. The van der Waals surface area contributed by atoms with Gasteiger partial charge in [-0.1, -0.05) is 120 Å². The highest BCUT2D eigenvalue weighted by Crippen LogP contribution is 2.15. The summed E-state index contributed by atoms with van der Waals surface area (Å²) >= 11 is 0. The van der Waals surface area contributed by atoms with Crippen molar-refractivity contribution in [3.8, 4) is 0 Å². The van der Waals surface area contributed by atoms with E-state index < -0.39 is 0 Å². The molecule has 0 aromatic heterocycles. The van der Waals surface area contributed by atoms with E-state index in [1.807, 2.05) is 0 Å². The lowest BCUT2D eigenvalue weighted by atomic mass is 10.0. The van der Waals surface area contributed by atoms with Crippen molar-refractivity contribution in [2.24, 2.45) is 0 Å². The minimum Gasteiger partial charge on any atom is -1.00 e. The molecule has 31 heavy (non-hydrogen) atoms. The summed E-state index contributed by atoms with van der Waals surface area (Å²) in [7, 11) is 4.71. The third-order valence-electron chi connectivity index (χ3n) is 6.93. The third kappa shape index (κ3) is 19.9. The first-order valence-electron chi connectivity index (χ1n) is 13.5. The summed E-state index contributed by atoms with van der Waals surface area (Å²) in [6, 6.07) is 10.9. The second-order valence-corrected chi connectivity index (χ2v) is 10.2. The Hall–Kier alpha value is -0.530. The molecule has 0 saturated carbocycles. The maximum atomic E-state index is 2.36. The lowest BCUT2D eigenvalue weighted by Gasteiger charge is -2.28. The van der Waals surface area contributed by atoms with Crippen molar-refractivity contribution in [1.29, 1.82) is 0 Å². The molecule has 0 saturated heterocycles. The number of rotatable bonds is 21. The summed E-state index contributed by atoms with van der Waals surface area (Å²) < 4.78 is 1.19. The normalized spacial score (nSPS) is 11.5. The molecule has 0 radical (unpaired) electrons. The van der Waals surface area contributed by atoms with Crippen LogP contribution in [0.4, 0.5) is 0 Å². The molecular weight excluding hydrogens is 398 g/mol. The van der Waals surface area contributed by atoms with Crippen LogP contribution in [0, 0.1) is 0 Å². The van der Waals surface area contributed by atoms with E-state index in [0.29, 0.717) is 0 Å². The summed E-state index contributed by atoms with van der Waals surface area (Å²) in [5, 5.41) is 0. The van der Waals surface area contributed by atoms with Gasteiger partial charge in [0, 0.05) is 0 Å². The van der Waals surface area contributed by atoms with Crippen LogP contribution in [0.3, 0.4) is 0 Å². The summed E-state index contributed by atoms with van der Waals surface area (Å²) in [6.07, 6.45) is 25.9. The fraction of sp³-hybridized carbons (Fsp3) is 0.793. The van der Waals surface area contributed by atoms with Crippen LogP contribution in [0.1, 0.15) is 122 Å². The van der Waals surface area contributed by atoms with Gasteiger partial charge in [0.05, 0.1) is 27.2 Å². The zero-order valence-electron chi connectivity index (χ0n) is 21.4. The van der Waals surface area contributed by atoms with Gasteiger partial charge in [0.25, 0.3) is 0 Å². The number of hydrogen-bond acceptors (Lipinski definition) is 0. The van der Waals surface area contributed by atoms with Crippen LogP contribution in [-0.2, 0) is 6.42 Å². The molecular formula is C29H54ClN. The van der Waals surface area contributed by atoms with Gasteiger partial charge >= 0.3 is 0 Å². The van der Waals surface area contributed by atoms with Gasteiger partial charge in [-0.3, -0.25) is 0 Å². The predicted molar refractivity (Wildman–Crippen MR) is 136 cm³/mol. The molecule has 0 N–H and O–H groups in total. The highest BCUT2D eigenvalue weighted by atomic mass is 35.5. The minimum absolute atomic E-state index is 0. The van der Waals surface area contributed by atoms with Crippen molar-refractivity contribution in [1.82, 2.24) is 0 Å². The SMILES string of the molecule is CC[N+](C)(C)CCCCCCCCCCCCCCCCCCCc1ccccc1.[Cl-]. The monoisotopic (exact) mass is 451 g/mol. The van der Waals surface area contributed by atoms with Crippen LogP contribution in [0.25, 0.3) is 0 Å². The molecule has 1 aromatic rings. The highest BCUT2D eigenvalue weighted by molar-refractivity contribution is 5.14. The lowest BCUT2D eigenvalue weighted by Crippen LogP contribution is -3.00. The number of unbranched alkanes of at least 4 members (excludes halogenated alkanes) is 16. The molecule has 0 aliphatic rings. The van der Waals surface area contributed by atoms with Crippen LogP contribution in [0.2, 0.25) is 0 Å². The minimum atomic E-state index is 0. The van der Waals surface area contributed by atoms with Crippen LogP contribution < -0.4 is 12.4 Å². The Morgan fingerprint density at radius 1 is 0.516 bits per heavy atom. The lowest BCUT2D eigenvalue weighted by molar-refractivity contribution is -0.888. The van der Waals surface area contributed by atoms with Gasteiger partial charge in [0.15, 0.2) is 0 Å². The maximum absolute atomic E-state index is 2.36. The van der Waals surface area contributed by atoms with Crippen molar-refractivity contribution in [2.75, 3.05) is 27.2 Å². The number of nitrogens with zero attached hydrogens (tertiary/aromatic N) is 1. The smallest absolute Gasteiger partial charge is 0.0782 e. The number of quaternary nitrogens is 1. The first kappa shape index (κ1) is 30.5. The van der Waals surface area contributed by atoms with Crippen molar-refractivity contribution in [2.45, 2.75) is 122 Å². The molecule has 0 aliphatic carbocycles. The van der Waals surface area contributed by atoms with E-state index in [0.717, 1.165) is 0 Å². The molecule has 0 fully saturated rings. The molecule has 0 heterocycles. The van der Waals surface area contributed by atoms with E-state index in [2.05, 4.69) is 51.4 Å². The number of halogens is 1. The Morgan fingerprint density at radius 2 is 0.871 bits per heavy atom. The summed E-state index contributed by atoms with van der Waals surface area (Å²) in [4.78, 5) is 0. The Bertz CT molecular complexity index is 471. The second-order valence-electron chi connectivity index (χ2n) is 10.2. The molecule has 1 aromatic carbocycles. The maximum Gasteiger partial charge on any atom is 0.0782 e. The Balaban J connectivity index is 0.00000900. The molecule has 0 aliphatic heterocycles. The van der Waals surface area contributed by atoms with E-state index in [-0.39, 0.29) is 12.4 Å². The number of aryl methyl sites for hydroxylation is 1. The van der Waals surface area contributed by atoms with Crippen LogP contribution in [0.5, 0.6) is 0 Å². The average molecular weight is 452 g/mol. The molecule has 1 nitrogen and oxygen atoms in total. The number of hydrogen-bond donors (Lipinski definition) is 0. The molecule has 0 bridgehead atoms. The van der Waals surface area contributed by atoms with Crippen molar-refractivity contribution < 1.29 is 16.9 Å². The summed E-state index contributed by atoms with van der Waals surface area (Å²) in [5.41, 5.74) is 1.50. The van der Waals surface area contributed by atoms with Gasteiger partial charge < -0.3 is 16.9 Å². The first-order chi connectivity index (χ1) is 14.6. The van der Waals surface area contributed by atoms with Gasteiger partial charge in [-0.2, -0.15) is 0 Å². The van der Waals surface area contributed by atoms with Gasteiger partial charge in [-0.05, 0) is 38.2 Å². The van der Waals surface area contributed by atoms with Gasteiger partial charge in [0.1, 0.15) is 0 Å². The zero-order valence-corrected chi connectivity index (χ0v) is 22.1. The molecule has 2 heteroatoms. The highest BCUT2D eigenvalue weighted by Gasteiger charge is 2.09. The quantitative estimate of drug-likeness (QED) is 0.160. The fourth-order valence-corrected chi connectivity index (χ4v) is 4.32. The van der Waals surface area contributed by atoms with Crippen molar-refractivity contribution in [3.63, 3.8) is 0 Å². The Labute approximate surface area is 202 Å². The molecule has 0 atom stereocenters. The van der Waals surface area contributed by atoms with Gasteiger partial charge in [-0.25, -0.2) is 0 Å². The summed E-state index contributed by atoms with van der Waals surface area (Å²) in [6.45, 7) is 4.91. The van der Waals surface area contributed by atoms with Crippen molar-refractivity contribution in [3.05, 3.63) is 35.9 Å². The number of benzene rings is 1. The van der Waals surface area contributed by atoms with Gasteiger partial charge in [-0.15, -0.1) is 0 Å². The zero-order chi connectivity index (χ0) is 21.8. The molecule has 0 unspecified atom stereocenters. The standard InChI is InChI=1S/C29H54N.ClH/c1-4-30(2,3)28-24-19-17-15-13-11-9-7-5-6-8-10-12-14-16-18-21-25-29-26-22-20-23-27-29;/h20,22-23,26-27H,4-19,21,24-25,28H2,1-3H3;1H/q+1;/p-1. The average Bonchev–Trinajstić information content (AvgIpc) is 2.76. The largest absolute Gasteiger partial charge is 1.00 e. The first-order valence-corrected chi connectivity index (χ1v) is 13.5. The van der Waals surface area contributed by atoms with E-state index in [9.17, 15) is 0 Å².